The number of ketones is 1. The van der Waals surface area contributed by atoms with E-state index in [2.05, 4.69) is 12.2 Å². The van der Waals surface area contributed by atoms with Crippen LogP contribution in [0.2, 0.25) is 0 Å². The maximum absolute atomic E-state index is 12.1. The van der Waals surface area contributed by atoms with Crippen LogP contribution in [0.4, 0.5) is 0 Å². The van der Waals surface area contributed by atoms with Gasteiger partial charge in [0.15, 0.2) is 5.78 Å². The number of carboxylic acids is 1. The molecular weight excluding hydrogens is 436 g/mol. The van der Waals surface area contributed by atoms with Crippen LogP contribution in [0.3, 0.4) is 0 Å². The van der Waals surface area contributed by atoms with Gasteiger partial charge in [0.1, 0.15) is 6.04 Å². The Morgan fingerprint density at radius 1 is 0.794 bits per heavy atom. The summed E-state index contributed by atoms with van der Waals surface area (Å²) in [4.78, 5) is 59.7. The number of imide groups is 1. The number of nitrogens with one attached hydrogen (secondary N) is 1. The fraction of sp³-hybridized carbons (Fsp3) is 0.808. The van der Waals surface area contributed by atoms with Crippen molar-refractivity contribution in [3.63, 3.8) is 0 Å². The van der Waals surface area contributed by atoms with Gasteiger partial charge in [0, 0.05) is 25.7 Å². The van der Waals surface area contributed by atoms with Crippen LogP contribution in [0.5, 0.6) is 0 Å². The van der Waals surface area contributed by atoms with Crippen LogP contribution in [-0.2, 0) is 24.0 Å². The molecule has 1 aliphatic rings. The Labute approximate surface area is 204 Å². The SMILES string of the molecule is CCCCCCCCCCCCCCCC(=O)NC(CCC(=O)CN1C(=O)CCC1=O)C(=O)O. The van der Waals surface area contributed by atoms with Gasteiger partial charge in [-0.05, 0) is 12.8 Å². The van der Waals surface area contributed by atoms with Crippen molar-refractivity contribution in [1.82, 2.24) is 10.2 Å². The quantitative estimate of drug-likeness (QED) is 0.184. The molecule has 1 heterocycles. The minimum Gasteiger partial charge on any atom is -0.480 e. The number of carboxylic acid groups (broad SMARTS) is 1. The molecule has 1 unspecified atom stereocenters. The minimum atomic E-state index is -1.19. The first-order valence-corrected chi connectivity index (χ1v) is 13.2. The number of nitrogens with zero attached hydrogens (tertiary/aromatic N) is 1. The zero-order valence-electron chi connectivity index (χ0n) is 20.9. The van der Waals surface area contributed by atoms with Crippen molar-refractivity contribution in [3.05, 3.63) is 0 Å². The van der Waals surface area contributed by atoms with Gasteiger partial charge in [0.25, 0.3) is 0 Å². The van der Waals surface area contributed by atoms with E-state index in [0.717, 1.165) is 17.7 Å². The molecule has 34 heavy (non-hydrogen) atoms. The normalized spacial score (nSPS) is 14.4. The lowest BCUT2D eigenvalue weighted by molar-refractivity contribution is -0.143. The first kappa shape index (κ1) is 29.8. The van der Waals surface area contributed by atoms with Crippen molar-refractivity contribution in [2.75, 3.05) is 6.54 Å². The molecule has 1 aliphatic heterocycles. The number of carbonyl (C=O) groups excluding carboxylic acids is 4. The van der Waals surface area contributed by atoms with Gasteiger partial charge in [-0.3, -0.25) is 24.1 Å². The molecule has 0 radical (unpaired) electrons. The molecule has 3 amide bonds. The first-order chi connectivity index (χ1) is 16.3. The van der Waals surface area contributed by atoms with Gasteiger partial charge in [-0.2, -0.15) is 0 Å². The Kier molecular flexibility index (Phi) is 15.9. The second kappa shape index (κ2) is 18.1. The Bertz CT molecular complexity index is 648. The summed E-state index contributed by atoms with van der Waals surface area (Å²) in [5, 5.41) is 11.8. The van der Waals surface area contributed by atoms with Crippen LogP contribution in [0.15, 0.2) is 0 Å². The number of aliphatic carboxylic acids is 1. The van der Waals surface area contributed by atoms with E-state index in [0.29, 0.717) is 6.42 Å². The van der Waals surface area contributed by atoms with Crippen LogP contribution < -0.4 is 5.32 Å². The molecule has 194 valence electrons. The summed E-state index contributed by atoms with van der Waals surface area (Å²) in [5.74, 6) is -2.66. The third-order valence-electron chi connectivity index (χ3n) is 6.34. The van der Waals surface area contributed by atoms with E-state index < -0.39 is 12.0 Å². The molecule has 2 N–H and O–H groups in total. The molecule has 1 saturated heterocycles. The van der Waals surface area contributed by atoms with E-state index in [1.807, 2.05) is 0 Å². The fourth-order valence-electron chi connectivity index (χ4n) is 4.19. The smallest absolute Gasteiger partial charge is 0.326 e. The molecule has 8 heteroatoms. The third kappa shape index (κ3) is 13.5. The monoisotopic (exact) mass is 480 g/mol. The van der Waals surface area contributed by atoms with E-state index >= 15 is 0 Å². The maximum atomic E-state index is 12.1. The Balaban J connectivity index is 2.08. The van der Waals surface area contributed by atoms with E-state index in [-0.39, 0.29) is 62.2 Å². The number of rotatable bonds is 21. The van der Waals surface area contributed by atoms with E-state index in [4.69, 9.17) is 0 Å². The molecule has 0 aromatic heterocycles. The molecule has 1 rings (SSSR count). The molecule has 0 saturated carbocycles. The van der Waals surface area contributed by atoms with Gasteiger partial charge in [-0.25, -0.2) is 4.79 Å². The number of hydrogen-bond acceptors (Lipinski definition) is 5. The highest BCUT2D eigenvalue weighted by atomic mass is 16.4. The van der Waals surface area contributed by atoms with Gasteiger partial charge >= 0.3 is 5.97 Å². The Morgan fingerprint density at radius 2 is 1.26 bits per heavy atom. The topological polar surface area (TPSA) is 121 Å². The van der Waals surface area contributed by atoms with E-state index in [1.165, 1.54) is 64.2 Å². The molecule has 0 aliphatic carbocycles. The Morgan fingerprint density at radius 3 is 1.74 bits per heavy atom. The molecule has 1 fully saturated rings. The summed E-state index contributed by atoms with van der Waals surface area (Å²) in [6, 6.07) is -1.15. The summed E-state index contributed by atoms with van der Waals surface area (Å²) in [6.45, 7) is 1.91. The second-order valence-corrected chi connectivity index (χ2v) is 9.40. The largest absolute Gasteiger partial charge is 0.480 e. The van der Waals surface area contributed by atoms with Gasteiger partial charge in [0.2, 0.25) is 17.7 Å². The highest BCUT2D eigenvalue weighted by molar-refractivity contribution is 6.04. The van der Waals surface area contributed by atoms with Crippen LogP contribution in [0.25, 0.3) is 0 Å². The lowest BCUT2D eigenvalue weighted by Gasteiger charge is -2.16. The number of amides is 3. The first-order valence-electron chi connectivity index (χ1n) is 13.2. The summed E-state index contributed by atoms with van der Waals surface area (Å²) in [6.07, 6.45) is 16.0. The van der Waals surface area contributed by atoms with Gasteiger partial charge < -0.3 is 10.4 Å². The summed E-state index contributed by atoms with van der Waals surface area (Å²) < 4.78 is 0. The second-order valence-electron chi connectivity index (χ2n) is 9.40. The van der Waals surface area contributed by atoms with E-state index in [1.54, 1.807) is 0 Å². The van der Waals surface area contributed by atoms with Crippen molar-refractivity contribution in [1.29, 1.82) is 0 Å². The Hall–Kier alpha value is -2.25. The van der Waals surface area contributed by atoms with Crippen LogP contribution in [0.1, 0.15) is 122 Å². The van der Waals surface area contributed by atoms with Gasteiger partial charge in [0.05, 0.1) is 6.54 Å². The van der Waals surface area contributed by atoms with E-state index in [9.17, 15) is 29.1 Å². The van der Waals surface area contributed by atoms with Crippen molar-refractivity contribution >= 4 is 29.5 Å². The summed E-state index contributed by atoms with van der Waals surface area (Å²) >= 11 is 0. The van der Waals surface area contributed by atoms with Gasteiger partial charge in [-0.15, -0.1) is 0 Å². The highest BCUT2D eigenvalue weighted by Crippen LogP contribution is 2.14. The van der Waals surface area contributed by atoms with Crippen molar-refractivity contribution in [3.8, 4) is 0 Å². The number of hydrogen-bond donors (Lipinski definition) is 2. The number of unbranched alkanes of at least 4 members (excludes halogenated alkanes) is 12. The molecule has 0 spiro atoms. The highest BCUT2D eigenvalue weighted by Gasteiger charge is 2.30. The third-order valence-corrected chi connectivity index (χ3v) is 6.34. The average Bonchev–Trinajstić information content (AvgIpc) is 3.11. The summed E-state index contributed by atoms with van der Waals surface area (Å²) in [5.41, 5.74) is 0. The fourth-order valence-corrected chi connectivity index (χ4v) is 4.19. The molecular formula is C26H44N2O6. The lowest BCUT2D eigenvalue weighted by atomic mass is 10.0. The molecule has 1 atom stereocenters. The van der Waals surface area contributed by atoms with Crippen LogP contribution in [-0.4, -0.2) is 52.1 Å². The van der Waals surface area contributed by atoms with Gasteiger partial charge in [-0.1, -0.05) is 84.0 Å². The molecule has 8 nitrogen and oxygen atoms in total. The number of carbonyl (C=O) groups is 5. The minimum absolute atomic E-state index is 0.0608. The summed E-state index contributed by atoms with van der Waals surface area (Å²) in [7, 11) is 0. The predicted molar refractivity (Wildman–Crippen MR) is 130 cm³/mol. The average molecular weight is 481 g/mol. The standard InChI is InChI=1S/C26H44N2O6/c1-2-3-4-5-6-7-8-9-10-11-12-13-14-15-23(30)27-22(26(33)34)17-16-21(29)20-28-24(31)18-19-25(28)32/h22H,2-20H2,1H3,(H,27,30)(H,33,34). The number of likely N-dealkylation sites (tertiary alicyclic amines) is 1. The maximum Gasteiger partial charge on any atom is 0.326 e. The lowest BCUT2D eigenvalue weighted by Crippen LogP contribution is -2.41. The zero-order chi connectivity index (χ0) is 25.2. The van der Waals surface area contributed by atoms with Crippen LogP contribution in [0, 0.1) is 0 Å². The van der Waals surface area contributed by atoms with Crippen molar-refractivity contribution in [2.24, 2.45) is 0 Å². The zero-order valence-corrected chi connectivity index (χ0v) is 20.9. The molecule has 0 aromatic rings. The van der Waals surface area contributed by atoms with Crippen molar-refractivity contribution in [2.45, 2.75) is 129 Å². The van der Waals surface area contributed by atoms with Crippen molar-refractivity contribution < 1.29 is 29.1 Å². The predicted octanol–water partition coefficient (Wildman–Crippen LogP) is 4.54. The molecule has 0 aromatic carbocycles. The number of Topliss-reactive ketones (excluding diaryl/α,β-unsaturated/α-hetero) is 1. The molecule has 0 bridgehead atoms. The van der Waals surface area contributed by atoms with Crippen LogP contribution >= 0.6 is 0 Å².